The number of urea groups is 1. The molecule has 0 spiro atoms. The van der Waals surface area contributed by atoms with Crippen LogP contribution in [-0.2, 0) is 0 Å². The van der Waals surface area contributed by atoms with Gasteiger partial charge in [-0.1, -0.05) is 17.7 Å². The van der Waals surface area contributed by atoms with E-state index in [9.17, 15) is 4.79 Å². The van der Waals surface area contributed by atoms with Crippen LogP contribution in [0.15, 0.2) is 36.9 Å². The van der Waals surface area contributed by atoms with Gasteiger partial charge < -0.3 is 10.6 Å². The molecule has 0 saturated carbocycles. The van der Waals surface area contributed by atoms with E-state index < -0.39 is 0 Å². The minimum absolute atomic E-state index is 0.257. The Balaban J connectivity index is 2.47. The van der Waals surface area contributed by atoms with Crippen molar-refractivity contribution in [1.82, 2.24) is 5.32 Å². The maximum Gasteiger partial charge on any atom is 0.319 e. The first-order valence-corrected chi connectivity index (χ1v) is 4.51. The Morgan fingerprint density at radius 2 is 2.07 bits per heavy atom. The Morgan fingerprint density at radius 1 is 1.43 bits per heavy atom. The van der Waals surface area contributed by atoms with Crippen LogP contribution < -0.4 is 10.6 Å². The molecule has 74 valence electrons. The van der Waals surface area contributed by atoms with Gasteiger partial charge in [0.15, 0.2) is 0 Å². The molecule has 4 heteroatoms. The number of rotatable bonds is 3. The van der Waals surface area contributed by atoms with E-state index in [0.29, 0.717) is 17.3 Å². The quantitative estimate of drug-likeness (QED) is 0.740. The number of hydrogen-bond acceptors (Lipinski definition) is 1. The molecule has 0 aliphatic rings. The fourth-order valence-electron chi connectivity index (χ4n) is 0.873. The van der Waals surface area contributed by atoms with Crippen LogP contribution in [0.25, 0.3) is 0 Å². The summed E-state index contributed by atoms with van der Waals surface area (Å²) in [7, 11) is 0. The number of hydrogen-bond donors (Lipinski definition) is 2. The molecule has 0 fully saturated rings. The highest BCUT2D eigenvalue weighted by Crippen LogP contribution is 2.12. The van der Waals surface area contributed by atoms with Crippen LogP contribution in [0.2, 0.25) is 5.02 Å². The van der Waals surface area contributed by atoms with Gasteiger partial charge >= 0.3 is 6.03 Å². The highest BCUT2D eigenvalue weighted by atomic mass is 35.5. The lowest BCUT2D eigenvalue weighted by molar-refractivity contribution is 0.253. The van der Waals surface area contributed by atoms with Gasteiger partial charge in [-0.25, -0.2) is 4.79 Å². The molecular weight excluding hydrogens is 200 g/mol. The predicted octanol–water partition coefficient (Wildman–Crippen LogP) is 2.65. The minimum Gasteiger partial charge on any atom is -0.334 e. The van der Waals surface area contributed by atoms with Crippen LogP contribution in [0, 0.1) is 0 Å². The van der Waals surface area contributed by atoms with E-state index in [1.54, 1.807) is 30.3 Å². The molecule has 2 N–H and O–H groups in total. The molecule has 0 heterocycles. The van der Waals surface area contributed by atoms with E-state index >= 15 is 0 Å². The molecule has 0 bridgehead atoms. The highest BCUT2D eigenvalue weighted by Gasteiger charge is 1.98. The Morgan fingerprint density at radius 3 is 2.64 bits per heavy atom. The standard InChI is InChI=1S/C10H11ClN2O/c1-2-7-12-10(14)13-9-5-3-8(11)4-6-9/h2-6H,1,7H2,(H2,12,13,14). The van der Waals surface area contributed by atoms with Gasteiger partial charge in [0, 0.05) is 17.3 Å². The predicted molar refractivity (Wildman–Crippen MR) is 58.7 cm³/mol. The van der Waals surface area contributed by atoms with Gasteiger partial charge in [0.2, 0.25) is 0 Å². The van der Waals surface area contributed by atoms with Crippen molar-refractivity contribution < 1.29 is 4.79 Å². The Labute approximate surface area is 87.8 Å². The van der Waals surface area contributed by atoms with E-state index in [1.165, 1.54) is 0 Å². The van der Waals surface area contributed by atoms with Gasteiger partial charge in [-0.05, 0) is 24.3 Å². The second-order valence-corrected chi connectivity index (χ2v) is 3.07. The van der Waals surface area contributed by atoms with Crippen molar-refractivity contribution in [3.8, 4) is 0 Å². The summed E-state index contributed by atoms with van der Waals surface area (Å²) in [4.78, 5) is 11.2. The van der Waals surface area contributed by atoms with Crippen molar-refractivity contribution in [2.75, 3.05) is 11.9 Å². The summed E-state index contributed by atoms with van der Waals surface area (Å²) in [5.74, 6) is 0. The van der Waals surface area contributed by atoms with E-state index in [4.69, 9.17) is 11.6 Å². The molecular formula is C10H11ClN2O. The Kier molecular flexibility index (Phi) is 4.01. The maximum atomic E-state index is 11.2. The van der Waals surface area contributed by atoms with E-state index in [-0.39, 0.29) is 6.03 Å². The maximum absolute atomic E-state index is 11.2. The van der Waals surface area contributed by atoms with Crippen LogP contribution in [0.3, 0.4) is 0 Å². The average molecular weight is 211 g/mol. The van der Waals surface area contributed by atoms with Crippen molar-refractivity contribution in [2.45, 2.75) is 0 Å². The summed E-state index contributed by atoms with van der Waals surface area (Å²) in [5, 5.41) is 5.88. The Hall–Kier alpha value is -1.48. The molecule has 14 heavy (non-hydrogen) atoms. The van der Waals surface area contributed by atoms with E-state index in [2.05, 4.69) is 17.2 Å². The van der Waals surface area contributed by atoms with Crippen LogP contribution in [-0.4, -0.2) is 12.6 Å². The molecule has 2 amide bonds. The van der Waals surface area contributed by atoms with Gasteiger partial charge in [0.25, 0.3) is 0 Å². The lowest BCUT2D eigenvalue weighted by Crippen LogP contribution is -2.28. The number of anilines is 1. The molecule has 1 aromatic rings. The third-order valence-electron chi connectivity index (χ3n) is 1.51. The summed E-state index contributed by atoms with van der Waals surface area (Å²) in [6.07, 6.45) is 1.61. The molecule has 3 nitrogen and oxygen atoms in total. The van der Waals surface area contributed by atoms with Crippen molar-refractivity contribution in [3.63, 3.8) is 0 Å². The summed E-state index contributed by atoms with van der Waals surface area (Å²) in [6.45, 7) is 3.94. The zero-order valence-electron chi connectivity index (χ0n) is 7.59. The molecule has 0 unspecified atom stereocenters. The lowest BCUT2D eigenvalue weighted by Gasteiger charge is -2.05. The fourth-order valence-corrected chi connectivity index (χ4v) is 0.999. The lowest BCUT2D eigenvalue weighted by atomic mass is 10.3. The van der Waals surface area contributed by atoms with Crippen molar-refractivity contribution in [1.29, 1.82) is 0 Å². The number of amides is 2. The number of carbonyl (C=O) groups excluding carboxylic acids is 1. The molecule has 0 aromatic heterocycles. The van der Waals surface area contributed by atoms with Gasteiger partial charge in [-0.2, -0.15) is 0 Å². The first-order chi connectivity index (χ1) is 6.72. The van der Waals surface area contributed by atoms with Crippen molar-refractivity contribution >= 4 is 23.3 Å². The summed E-state index contributed by atoms with van der Waals surface area (Å²) < 4.78 is 0. The third-order valence-corrected chi connectivity index (χ3v) is 1.76. The molecule has 0 saturated heterocycles. The molecule has 0 aliphatic heterocycles. The topological polar surface area (TPSA) is 41.1 Å². The first kappa shape index (κ1) is 10.6. The average Bonchev–Trinajstić information content (AvgIpc) is 2.18. The van der Waals surface area contributed by atoms with Gasteiger partial charge in [-0.15, -0.1) is 6.58 Å². The second kappa shape index (κ2) is 5.29. The SMILES string of the molecule is C=CCNC(=O)Nc1ccc(Cl)cc1. The van der Waals surface area contributed by atoms with Crippen LogP contribution >= 0.6 is 11.6 Å². The van der Waals surface area contributed by atoms with Crippen LogP contribution in [0.4, 0.5) is 10.5 Å². The van der Waals surface area contributed by atoms with Crippen LogP contribution in [0.5, 0.6) is 0 Å². The van der Waals surface area contributed by atoms with E-state index in [0.717, 1.165) is 0 Å². The number of benzene rings is 1. The molecule has 0 radical (unpaired) electrons. The fraction of sp³-hybridized carbons (Fsp3) is 0.100. The third kappa shape index (κ3) is 3.49. The molecule has 0 aliphatic carbocycles. The Bertz CT molecular complexity index is 321. The van der Waals surface area contributed by atoms with Gasteiger partial charge in [0.1, 0.15) is 0 Å². The van der Waals surface area contributed by atoms with E-state index in [1.807, 2.05) is 0 Å². The van der Waals surface area contributed by atoms with Gasteiger partial charge in [-0.3, -0.25) is 0 Å². The van der Waals surface area contributed by atoms with Crippen LogP contribution in [0.1, 0.15) is 0 Å². The first-order valence-electron chi connectivity index (χ1n) is 4.13. The molecule has 0 atom stereocenters. The number of halogens is 1. The summed E-state index contributed by atoms with van der Waals surface area (Å²) in [6, 6.07) is 6.63. The highest BCUT2D eigenvalue weighted by molar-refractivity contribution is 6.30. The zero-order chi connectivity index (χ0) is 10.4. The van der Waals surface area contributed by atoms with Gasteiger partial charge in [0.05, 0.1) is 0 Å². The molecule has 1 aromatic carbocycles. The minimum atomic E-state index is -0.257. The van der Waals surface area contributed by atoms with Crippen molar-refractivity contribution in [3.05, 3.63) is 41.9 Å². The molecule has 1 rings (SSSR count). The summed E-state index contributed by atoms with van der Waals surface area (Å²) >= 11 is 5.69. The number of carbonyl (C=O) groups is 1. The zero-order valence-corrected chi connectivity index (χ0v) is 8.34. The monoisotopic (exact) mass is 210 g/mol. The van der Waals surface area contributed by atoms with Crippen molar-refractivity contribution in [2.24, 2.45) is 0 Å². The number of nitrogens with one attached hydrogen (secondary N) is 2. The smallest absolute Gasteiger partial charge is 0.319 e. The normalized spacial score (nSPS) is 9.21. The summed E-state index contributed by atoms with van der Waals surface area (Å²) in [5.41, 5.74) is 0.705. The largest absolute Gasteiger partial charge is 0.334 e. The second-order valence-electron chi connectivity index (χ2n) is 2.63.